The number of rotatable bonds is 4. The number of morpholine rings is 1. The molecule has 0 saturated carbocycles. The highest BCUT2D eigenvalue weighted by molar-refractivity contribution is 5.91. The number of H-pyrrole nitrogens is 1. The Morgan fingerprint density at radius 2 is 1.62 bits per heavy atom. The molecule has 6 nitrogen and oxygen atoms in total. The van der Waals surface area contributed by atoms with Crippen LogP contribution in [-0.4, -0.2) is 32.6 Å². The molecule has 1 fully saturated rings. The van der Waals surface area contributed by atoms with Crippen LogP contribution in [0.5, 0.6) is 0 Å². The van der Waals surface area contributed by atoms with Crippen molar-refractivity contribution in [1.82, 2.24) is 9.88 Å². The molecule has 0 radical (unpaired) electrons. The number of nitrogens with zero attached hydrogens (tertiary/aromatic N) is 1. The summed E-state index contributed by atoms with van der Waals surface area (Å²) in [5.74, 6) is -1.05. The van der Waals surface area contributed by atoms with E-state index in [1.165, 1.54) is 11.0 Å². The van der Waals surface area contributed by atoms with Crippen molar-refractivity contribution in [1.29, 1.82) is 0 Å². The zero-order valence-electron chi connectivity index (χ0n) is 20.9. The summed E-state index contributed by atoms with van der Waals surface area (Å²) in [4.78, 5) is 31.6. The maximum atomic E-state index is 14.5. The number of carboxylic acid groups (broad SMARTS) is 1. The third kappa shape index (κ3) is 3.95. The molecule has 2 heterocycles. The van der Waals surface area contributed by atoms with Gasteiger partial charge in [-0.15, -0.1) is 0 Å². The van der Waals surface area contributed by atoms with Crippen LogP contribution in [0.2, 0.25) is 0 Å². The average molecular weight is 501 g/mol. The van der Waals surface area contributed by atoms with Gasteiger partial charge in [0, 0.05) is 18.0 Å². The summed E-state index contributed by atoms with van der Waals surface area (Å²) in [6, 6.07) is 22.4. The highest BCUT2D eigenvalue weighted by atomic mass is 19.1. The minimum atomic E-state index is -1.61. The van der Waals surface area contributed by atoms with E-state index in [1.807, 2.05) is 81.4 Å². The Hall–Kier alpha value is -4.13. The SMILES string of the molecule is CC(C)(C)[C@]1(Cc2c[nH]c3c(F)cccc23)C(=O)O[C@@H](c2ccccc2)[C@@H](c2ccccc2)N1C(=O)O. The van der Waals surface area contributed by atoms with Crippen LogP contribution in [-0.2, 0) is 16.0 Å². The van der Waals surface area contributed by atoms with Gasteiger partial charge in [0.2, 0.25) is 0 Å². The summed E-state index contributed by atoms with van der Waals surface area (Å²) < 4.78 is 20.7. The zero-order chi connectivity index (χ0) is 26.4. The monoisotopic (exact) mass is 500 g/mol. The van der Waals surface area contributed by atoms with Crippen LogP contribution in [0.4, 0.5) is 9.18 Å². The maximum absolute atomic E-state index is 14.5. The maximum Gasteiger partial charge on any atom is 0.408 e. The number of fused-ring (bicyclic) bond motifs is 1. The van der Waals surface area contributed by atoms with E-state index >= 15 is 0 Å². The molecule has 3 atom stereocenters. The van der Waals surface area contributed by atoms with Crippen molar-refractivity contribution in [2.45, 2.75) is 44.9 Å². The minimum absolute atomic E-state index is 0.00985. The predicted molar refractivity (Wildman–Crippen MR) is 138 cm³/mol. The molecule has 3 aromatic carbocycles. The lowest BCUT2D eigenvalue weighted by Gasteiger charge is -2.56. The second kappa shape index (κ2) is 9.07. The molecule has 1 aliphatic heterocycles. The summed E-state index contributed by atoms with van der Waals surface area (Å²) in [5.41, 5.74) is -0.121. The number of cyclic esters (lactones) is 1. The summed E-state index contributed by atoms with van der Waals surface area (Å²) >= 11 is 0. The number of esters is 1. The molecule has 1 saturated heterocycles. The molecule has 4 aromatic rings. The number of benzene rings is 3. The van der Waals surface area contributed by atoms with Crippen molar-refractivity contribution in [2.24, 2.45) is 5.41 Å². The summed E-state index contributed by atoms with van der Waals surface area (Å²) in [5, 5.41) is 11.4. The number of nitrogens with one attached hydrogen (secondary N) is 1. The van der Waals surface area contributed by atoms with Gasteiger partial charge in [-0.1, -0.05) is 93.6 Å². The van der Waals surface area contributed by atoms with Gasteiger partial charge >= 0.3 is 12.1 Å². The van der Waals surface area contributed by atoms with Gasteiger partial charge in [0.1, 0.15) is 11.9 Å². The van der Waals surface area contributed by atoms with Gasteiger partial charge in [0.25, 0.3) is 0 Å². The molecule has 2 N–H and O–H groups in total. The van der Waals surface area contributed by atoms with Crippen molar-refractivity contribution < 1.29 is 23.8 Å². The number of carbonyl (C=O) groups is 2. The summed E-state index contributed by atoms with van der Waals surface area (Å²) in [6.45, 7) is 5.51. The molecule has 5 rings (SSSR count). The first-order chi connectivity index (χ1) is 17.6. The molecule has 0 bridgehead atoms. The van der Waals surface area contributed by atoms with Crippen molar-refractivity contribution in [3.05, 3.63) is 108 Å². The van der Waals surface area contributed by atoms with E-state index in [9.17, 15) is 19.1 Å². The number of amides is 1. The van der Waals surface area contributed by atoms with E-state index in [2.05, 4.69) is 4.98 Å². The Balaban J connectivity index is 1.75. The van der Waals surface area contributed by atoms with Crippen LogP contribution >= 0.6 is 0 Å². The largest absolute Gasteiger partial charge is 0.465 e. The number of carbonyl (C=O) groups excluding carboxylic acids is 1. The molecule has 0 unspecified atom stereocenters. The lowest BCUT2D eigenvalue weighted by molar-refractivity contribution is -0.198. The molecule has 0 aliphatic carbocycles. The van der Waals surface area contributed by atoms with Crippen LogP contribution in [0.1, 0.15) is 49.6 Å². The number of halogens is 1. The molecular weight excluding hydrogens is 471 g/mol. The van der Waals surface area contributed by atoms with Crippen LogP contribution in [0.15, 0.2) is 85.1 Å². The Morgan fingerprint density at radius 3 is 2.22 bits per heavy atom. The standard InChI is InChI=1S/C30H29FN2O4/c1-29(2,3)30(17-21-18-32-24-22(21)15-10-16-23(24)31)27(34)37-26(20-13-8-5-9-14-20)25(33(30)28(35)36)19-11-6-4-7-12-19/h4-16,18,25-26,32H,17H2,1-3H3,(H,35,36)/t25-,26+,30+/m1/s1. The van der Waals surface area contributed by atoms with Gasteiger partial charge in [0.05, 0.1) is 5.52 Å². The van der Waals surface area contributed by atoms with E-state index < -0.39 is 41.0 Å². The van der Waals surface area contributed by atoms with Crippen LogP contribution < -0.4 is 0 Å². The van der Waals surface area contributed by atoms with Crippen molar-refractivity contribution >= 4 is 23.0 Å². The first-order valence-electron chi connectivity index (χ1n) is 12.2. The zero-order valence-corrected chi connectivity index (χ0v) is 20.9. The molecule has 1 aromatic heterocycles. The Labute approximate surface area is 214 Å². The number of aromatic nitrogens is 1. The van der Waals surface area contributed by atoms with E-state index in [-0.39, 0.29) is 6.42 Å². The Kier molecular flexibility index (Phi) is 6.02. The predicted octanol–water partition coefficient (Wildman–Crippen LogP) is 6.65. The minimum Gasteiger partial charge on any atom is -0.465 e. The number of hydrogen-bond acceptors (Lipinski definition) is 3. The van der Waals surface area contributed by atoms with Crippen molar-refractivity contribution in [2.75, 3.05) is 0 Å². The lowest BCUT2D eigenvalue weighted by Crippen LogP contribution is -2.70. The van der Waals surface area contributed by atoms with Gasteiger partial charge in [-0.05, 0) is 28.2 Å². The van der Waals surface area contributed by atoms with Gasteiger partial charge in [-0.2, -0.15) is 0 Å². The van der Waals surface area contributed by atoms with Crippen LogP contribution in [0.25, 0.3) is 10.9 Å². The third-order valence-corrected chi connectivity index (χ3v) is 7.46. The van der Waals surface area contributed by atoms with Gasteiger partial charge in [0.15, 0.2) is 11.6 Å². The molecule has 1 amide bonds. The summed E-state index contributed by atoms with van der Waals surface area (Å²) in [7, 11) is 0. The van der Waals surface area contributed by atoms with E-state index in [1.54, 1.807) is 18.3 Å². The molecule has 7 heteroatoms. The lowest BCUT2D eigenvalue weighted by atomic mass is 9.66. The van der Waals surface area contributed by atoms with Crippen LogP contribution in [0, 0.1) is 11.2 Å². The first-order valence-corrected chi connectivity index (χ1v) is 12.2. The smallest absolute Gasteiger partial charge is 0.408 e. The fourth-order valence-electron chi connectivity index (χ4n) is 5.59. The molecular formula is C30H29FN2O4. The van der Waals surface area contributed by atoms with Gasteiger partial charge in [-0.25, -0.2) is 14.0 Å². The Bertz CT molecular complexity index is 1440. The van der Waals surface area contributed by atoms with Crippen molar-refractivity contribution in [3.63, 3.8) is 0 Å². The Morgan fingerprint density at radius 1 is 1.00 bits per heavy atom. The second-order valence-corrected chi connectivity index (χ2v) is 10.5. The molecule has 37 heavy (non-hydrogen) atoms. The topological polar surface area (TPSA) is 82.6 Å². The first kappa shape index (κ1) is 24.6. The fourth-order valence-corrected chi connectivity index (χ4v) is 5.59. The summed E-state index contributed by atoms with van der Waals surface area (Å²) in [6.07, 6.45) is -0.416. The van der Waals surface area contributed by atoms with Gasteiger partial charge in [-0.3, -0.25) is 4.90 Å². The van der Waals surface area contributed by atoms with E-state index in [0.717, 1.165) is 0 Å². The molecule has 0 spiro atoms. The number of aromatic amines is 1. The van der Waals surface area contributed by atoms with Gasteiger partial charge < -0.3 is 14.8 Å². The highest BCUT2D eigenvalue weighted by Crippen LogP contribution is 2.53. The average Bonchev–Trinajstić information content (AvgIpc) is 3.29. The number of hydrogen-bond donors (Lipinski definition) is 2. The fraction of sp³-hybridized carbons (Fsp3) is 0.267. The van der Waals surface area contributed by atoms with E-state index in [0.29, 0.717) is 27.6 Å². The quantitative estimate of drug-likeness (QED) is 0.307. The number of ether oxygens (including phenoxy) is 1. The van der Waals surface area contributed by atoms with E-state index in [4.69, 9.17) is 4.74 Å². The van der Waals surface area contributed by atoms with Crippen LogP contribution in [0.3, 0.4) is 0 Å². The normalized spacial score (nSPS) is 22.2. The second-order valence-electron chi connectivity index (χ2n) is 10.5. The third-order valence-electron chi connectivity index (χ3n) is 7.46. The highest BCUT2D eigenvalue weighted by Gasteiger charge is 2.63. The number of para-hydroxylation sites is 1. The molecule has 1 aliphatic rings. The van der Waals surface area contributed by atoms with Crippen molar-refractivity contribution in [3.8, 4) is 0 Å². The molecule has 190 valence electrons.